The third-order valence-electron chi connectivity index (χ3n) is 5.29. The molecule has 1 saturated carbocycles. The molecule has 2 aliphatic rings. The highest BCUT2D eigenvalue weighted by molar-refractivity contribution is 5.85. The van der Waals surface area contributed by atoms with Gasteiger partial charge in [-0.05, 0) is 56.3 Å². The molecule has 5 nitrogen and oxygen atoms in total. The van der Waals surface area contributed by atoms with Crippen molar-refractivity contribution in [3.63, 3.8) is 0 Å². The first kappa shape index (κ1) is 21.7. The van der Waals surface area contributed by atoms with Gasteiger partial charge in [-0.1, -0.05) is 6.92 Å². The molecule has 2 N–H and O–H groups in total. The van der Waals surface area contributed by atoms with Crippen LogP contribution in [0.5, 0.6) is 11.5 Å². The van der Waals surface area contributed by atoms with Gasteiger partial charge >= 0.3 is 6.61 Å². The molecule has 1 spiro atoms. The van der Waals surface area contributed by atoms with Crippen molar-refractivity contribution in [3.05, 3.63) is 23.8 Å². The molecule has 1 saturated heterocycles. The van der Waals surface area contributed by atoms with Crippen molar-refractivity contribution in [1.82, 2.24) is 10.6 Å². The summed E-state index contributed by atoms with van der Waals surface area (Å²) in [6.07, 6.45) is 3.79. The number of alkyl halides is 2. The number of carbonyl (C=O) groups excluding carboxylic acids is 1. The lowest BCUT2D eigenvalue weighted by atomic mass is 9.92. The Bertz CT molecular complexity index is 639. The quantitative estimate of drug-likeness (QED) is 0.696. The Balaban J connectivity index is 0.00000261. The second kappa shape index (κ2) is 9.55. The monoisotopic (exact) mass is 404 g/mol. The van der Waals surface area contributed by atoms with Crippen molar-refractivity contribution < 1.29 is 23.0 Å². The van der Waals surface area contributed by atoms with Crippen molar-refractivity contribution in [1.29, 1.82) is 0 Å². The number of hydrogen-bond donors (Lipinski definition) is 2. The fourth-order valence-electron chi connectivity index (χ4n) is 3.70. The smallest absolute Gasteiger partial charge is 0.387 e. The molecule has 27 heavy (non-hydrogen) atoms. The Morgan fingerprint density at radius 1 is 1.37 bits per heavy atom. The number of amides is 1. The third-order valence-corrected chi connectivity index (χ3v) is 5.29. The number of ether oxygens (including phenoxy) is 2. The zero-order valence-corrected chi connectivity index (χ0v) is 16.2. The van der Waals surface area contributed by atoms with E-state index >= 15 is 0 Å². The van der Waals surface area contributed by atoms with Gasteiger partial charge in [0.2, 0.25) is 5.91 Å². The molecule has 1 aromatic carbocycles. The minimum atomic E-state index is -2.92. The fourth-order valence-corrected chi connectivity index (χ4v) is 3.70. The fraction of sp³-hybridized carbons (Fsp3) is 0.632. The van der Waals surface area contributed by atoms with E-state index in [-0.39, 0.29) is 41.9 Å². The van der Waals surface area contributed by atoms with Gasteiger partial charge < -0.3 is 20.1 Å². The first-order valence-corrected chi connectivity index (χ1v) is 9.23. The number of nitrogens with one attached hydrogen (secondary N) is 2. The molecule has 1 unspecified atom stereocenters. The van der Waals surface area contributed by atoms with Gasteiger partial charge in [0.05, 0.1) is 6.61 Å². The molecule has 1 heterocycles. The van der Waals surface area contributed by atoms with E-state index in [1.165, 1.54) is 6.07 Å². The van der Waals surface area contributed by atoms with Crippen molar-refractivity contribution in [2.45, 2.75) is 45.8 Å². The number of halogens is 3. The van der Waals surface area contributed by atoms with Crippen LogP contribution in [0.3, 0.4) is 0 Å². The SMILES string of the molecule is CCCOc1ccc(CNC(=O)C2CC23CCNCC3)c(OC(F)F)c1.Cl. The van der Waals surface area contributed by atoms with Crippen LogP contribution in [-0.2, 0) is 11.3 Å². The summed E-state index contributed by atoms with van der Waals surface area (Å²) in [5.41, 5.74) is 0.665. The maximum atomic E-state index is 12.7. The predicted octanol–water partition coefficient (Wildman–Crippen LogP) is 3.50. The van der Waals surface area contributed by atoms with Gasteiger partial charge in [0, 0.05) is 24.1 Å². The number of carbonyl (C=O) groups is 1. The second-order valence-electron chi connectivity index (χ2n) is 7.08. The van der Waals surface area contributed by atoms with Gasteiger partial charge in [-0.3, -0.25) is 4.79 Å². The van der Waals surface area contributed by atoms with Crippen LogP contribution in [0.4, 0.5) is 8.78 Å². The number of benzene rings is 1. The van der Waals surface area contributed by atoms with E-state index in [1.807, 2.05) is 6.92 Å². The Hall–Kier alpha value is -1.60. The highest BCUT2D eigenvalue weighted by atomic mass is 35.5. The Morgan fingerprint density at radius 3 is 2.78 bits per heavy atom. The standard InChI is InChI=1S/C19H26F2N2O3.ClH/c1-2-9-25-14-4-3-13(16(10-14)26-18(20)21)12-23-17(24)15-11-19(15)5-7-22-8-6-19;/h3-4,10,15,18,22H,2,5-9,11-12H2,1H3,(H,23,24);1H. The van der Waals surface area contributed by atoms with Crippen molar-refractivity contribution >= 4 is 18.3 Å². The van der Waals surface area contributed by atoms with E-state index in [2.05, 4.69) is 15.4 Å². The molecule has 8 heteroatoms. The summed E-state index contributed by atoms with van der Waals surface area (Å²) in [4.78, 5) is 12.4. The summed E-state index contributed by atoms with van der Waals surface area (Å²) >= 11 is 0. The van der Waals surface area contributed by atoms with E-state index in [0.717, 1.165) is 38.8 Å². The van der Waals surface area contributed by atoms with E-state index in [4.69, 9.17) is 4.74 Å². The summed E-state index contributed by atoms with van der Waals surface area (Å²) in [7, 11) is 0. The van der Waals surface area contributed by atoms with Gasteiger partial charge in [0.1, 0.15) is 11.5 Å². The molecule has 1 aliphatic heterocycles. The Kier molecular flexibility index (Phi) is 7.68. The normalized spacial score (nSPS) is 20.1. The van der Waals surface area contributed by atoms with E-state index in [9.17, 15) is 13.6 Å². The highest BCUT2D eigenvalue weighted by Gasteiger charge is 2.57. The lowest BCUT2D eigenvalue weighted by Crippen LogP contribution is -2.33. The predicted molar refractivity (Wildman–Crippen MR) is 101 cm³/mol. The van der Waals surface area contributed by atoms with E-state index in [1.54, 1.807) is 12.1 Å². The summed E-state index contributed by atoms with van der Waals surface area (Å²) in [5.74, 6) is 0.562. The number of rotatable bonds is 8. The largest absolute Gasteiger partial charge is 0.493 e. The molecule has 3 rings (SSSR count). The molecular formula is C19H27ClF2N2O3. The maximum Gasteiger partial charge on any atom is 0.387 e. The molecule has 1 amide bonds. The van der Waals surface area contributed by atoms with Crippen LogP contribution in [0.1, 0.15) is 38.2 Å². The molecule has 2 fully saturated rings. The Morgan fingerprint density at radius 2 is 2.11 bits per heavy atom. The Labute approximate surface area is 164 Å². The third kappa shape index (κ3) is 5.45. The van der Waals surface area contributed by atoms with Gasteiger partial charge in [0.25, 0.3) is 0 Å². The van der Waals surface area contributed by atoms with Crippen LogP contribution in [0.15, 0.2) is 18.2 Å². The molecule has 1 aliphatic carbocycles. The van der Waals surface area contributed by atoms with Crippen LogP contribution >= 0.6 is 12.4 Å². The molecule has 1 aromatic rings. The average Bonchev–Trinajstić information content (AvgIpc) is 3.32. The van der Waals surface area contributed by atoms with E-state index in [0.29, 0.717) is 17.9 Å². The summed E-state index contributed by atoms with van der Waals surface area (Å²) < 4.78 is 35.5. The van der Waals surface area contributed by atoms with Gasteiger partial charge in [-0.2, -0.15) is 8.78 Å². The van der Waals surface area contributed by atoms with Crippen molar-refractivity contribution in [2.75, 3.05) is 19.7 Å². The zero-order valence-electron chi connectivity index (χ0n) is 15.4. The molecule has 1 atom stereocenters. The summed E-state index contributed by atoms with van der Waals surface area (Å²) in [5, 5.41) is 6.20. The molecule has 0 bridgehead atoms. The minimum Gasteiger partial charge on any atom is -0.493 e. The molecule has 0 aromatic heterocycles. The van der Waals surface area contributed by atoms with Crippen LogP contribution in [0.2, 0.25) is 0 Å². The molecular weight excluding hydrogens is 378 g/mol. The first-order chi connectivity index (χ1) is 12.5. The van der Waals surface area contributed by atoms with Crippen molar-refractivity contribution in [3.8, 4) is 11.5 Å². The van der Waals surface area contributed by atoms with Crippen LogP contribution in [0.25, 0.3) is 0 Å². The number of hydrogen-bond acceptors (Lipinski definition) is 4. The number of piperidine rings is 1. The second-order valence-corrected chi connectivity index (χ2v) is 7.08. The highest BCUT2D eigenvalue weighted by Crippen LogP contribution is 2.58. The summed E-state index contributed by atoms with van der Waals surface area (Å²) in [6.45, 7) is 1.62. The molecule has 0 radical (unpaired) electrons. The first-order valence-electron chi connectivity index (χ1n) is 9.23. The average molecular weight is 405 g/mol. The lowest BCUT2D eigenvalue weighted by molar-refractivity contribution is -0.123. The van der Waals surface area contributed by atoms with Crippen LogP contribution in [0, 0.1) is 11.3 Å². The van der Waals surface area contributed by atoms with Gasteiger partial charge in [0.15, 0.2) is 0 Å². The zero-order chi connectivity index (χ0) is 18.6. The maximum absolute atomic E-state index is 12.7. The van der Waals surface area contributed by atoms with Crippen LogP contribution in [-0.4, -0.2) is 32.2 Å². The molecule has 152 valence electrons. The summed E-state index contributed by atoms with van der Waals surface area (Å²) in [6, 6.07) is 4.83. The minimum absolute atomic E-state index is 0. The van der Waals surface area contributed by atoms with Gasteiger partial charge in [-0.15, -0.1) is 12.4 Å². The van der Waals surface area contributed by atoms with E-state index < -0.39 is 6.61 Å². The lowest BCUT2D eigenvalue weighted by Gasteiger charge is -2.23. The topological polar surface area (TPSA) is 59.6 Å². The van der Waals surface area contributed by atoms with Crippen LogP contribution < -0.4 is 20.1 Å². The van der Waals surface area contributed by atoms with Crippen molar-refractivity contribution in [2.24, 2.45) is 11.3 Å². The van der Waals surface area contributed by atoms with Gasteiger partial charge in [-0.25, -0.2) is 0 Å².